The zero-order valence-corrected chi connectivity index (χ0v) is 16.8. The van der Waals surface area contributed by atoms with Crippen molar-refractivity contribution in [3.8, 4) is 22.9 Å². The number of nitrogens with one attached hydrogen (secondary N) is 2. The topological polar surface area (TPSA) is 107 Å². The third kappa shape index (κ3) is 3.69. The van der Waals surface area contributed by atoms with E-state index < -0.39 is 6.04 Å². The molecule has 1 aliphatic heterocycles. The number of amides is 2. The molecule has 4 rings (SSSR count). The summed E-state index contributed by atoms with van der Waals surface area (Å²) in [4.78, 5) is 29.4. The molecule has 2 aromatic carbocycles. The molecule has 2 heterocycles. The zero-order valence-electron chi connectivity index (χ0n) is 16.8. The molecule has 1 unspecified atom stereocenters. The normalized spacial score (nSPS) is 14.8. The van der Waals surface area contributed by atoms with E-state index in [0.29, 0.717) is 23.2 Å². The molecule has 0 aliphatic carbocycles. The van der Waals surface area contributed by atoms with Crippen molar-refractivity contribution in [3.63, 3.8) is 0 Å². The minimum Gasteiger partial charge on any atom is -0.497 e. The summed E-state index contributed by atoms with van der Waals surface area (Å²) in [6, 6.07) is 12.0. The van der Waals surface area contributed by atoms with E-state index in [9.17, 15) is 9.59 Å². The van der Waals surface area contributed by atoms with Crippen LogP contribution in [0.1, 0.15) is 18.0 Å². The van der Waals surface area contributed by atoms with Crippen LogP contribution in [0.4, 0.5) is 11.6 Å². The molecule has 1 aliphatic rings. The summed E-state index contributed by atoms with van der Waals surface area (Å²) in [7, 11) is 3.13. The Morgan fingerprint density at radius 3 is 2.63 bits per heavy atom. The van der Waals surface area contributed by atoms with Gasteiger partial charge in [-0.25, -0.2) is 4.68 Å². The quantitative estimate of drug-likeness (QED) is 0.651. The highest BCUT2D eigenvalue weighted by atomic mass is 16.5. The van der Waals surface area contributed by atoms with E-state index in [-0.39, 0.29) is 18.2 Å². The van der Waals surface area contributed by atoms with Crippen LogP contribution in [0.15, 0.2) is 42.5 Å². The van der Waals surface area contributed by atoms with Crippen LogP contribution in [-0.4, -0.2) is 40.8 Å². The molecule has 0 saturated heterocycles. The Labute approximate surface area is 173 Å². The predicted octanol–water partition coefficient (Wildman–Crippen LogP) is 2.79. The lowest BCUT2D eigenvalue weighted by atomic mass is 10.1. The van der Waals surface area contributed by atoms with Gasteiger partial charge in [0.1, 0.15) is 17.5 Å². The summed E-state index contributed by atoms with van der Waals surface area (Å²) in [5, 5.41) is 9.93. The molecule has 9 nitrogen and oxygen atoms in total. The molecular weight excluding hydrogens is 386 g/mol. The van der Waals surface area contributed by atoms with Crippen molar-refractivity contribution in [2.45, 2.75) is 19.4 Å². The Morgan fingerprint density at radius 1 is 1.17 bits per heavy atom. The van der Waals surface area contributed by atoms with Gasteiger partial charge in [-0.05, 0) is 48.9 Å². The van der Waals surface area contributed by atoms with Crippen molar-refractivity contribution in [1.82, 2.24) is 14.8 Å². The van der Waals surface area contributed by atoms with Crippen molar-refractivity contribution >= 4 is 23.5 Å². The van der Waals surface area contributed by atoms with Crippen LogP contribution in [0.3, 0.4) is 0 Å². The number of carbonyl (C=O) groups is 2. The number of fused-ring (bicyclic) bond motifs is 1. The number of rotatable bonds is 6. The van der Waals surface area contributed by atoms with E-state index in [2.05, 4.69) is 20.7 Å². The molecule has 1 atom stereocenters. The number of anilines is 2. The largest absolute Gasteiger partial charge is 0.497 e. The van der Waals surface area contributed by atoms with Gasteiger partial charge in [0.2, 0.25) is 11.9 Å². The van der Waals surface area contributed by atoms with E-state index in [1.165, 1.54) is 11.8 Å². The predicted molar refractivity (Wildman–Crippen MR) is 111 cm³/mol. The van der Waals surface area contributed by atoms with Gasteiger partial charge in [-0.2, -0.15) is 4.98 Å². The molecule has 0 spiro atoms. The number of aryl methyl sites for hydroxylation is 1. The first-order valence-electron chi connectivity index (χ1n) is 9.35. The number of ether oxygens (including phenoxy) is 2. The van der Waals surface area contributed by atoms with Crippen molar-refractivity contribution < 1.29 is 19.1 Å². The van der Waals surface area contributed by atoms with Crippen LogP contribution in [-0.2, 0) is 9.59 Å². The Balaban J connectivity index is 1.52. The van der Waals surface area contributed by atoms with Crippen LogP contribution in [0.2, 0.25) is 0 Å². The van der Waals surface area contributed by atoms with E-state index in [1.54, 1.807) is 25.3 Å². The average molecular weight is 407 g/mol. The van der Waals surface area contributed by atoms with Gasteiger partial charge in [0, 0.05) is 5.56 Å². The van der Waals surface area contributed by atoms with E-state index in [4.69, 9.17) is 9.47 Å². The number of carbonyl (C=O) groups excluding carboxylic acids is 2. The molecule has 30 heavy (non-hydrogen) atoms. The molecule has 9 heteroatoms. The standard InChI is InChI=1S/C21H21N5O4/c1-12-4-9-17(30-3)15(10-12)22-18(27)11-16-20(28)24-21-23-19(25-26(16)21)13-5-7-14(29-2)8-6-13/h4-10,16H,11H2,1-3H3,(H,22,27)(H,23,24,25,28). The second-order valence-corrected chi connectivity index (χ2v) is 6.89. The number of hydrogen-bond acceptors (Lipinski definition) is 6. The lowest BCUT2D eigenvalue weighted by Gasteiger charge is -2.13. The fraction of sp³-hybridized carbons (Fsp3) is 0.238. The van der Waals surface area contributed by atoms with Crippen molar-refractivity contribution in [2.24, 2.45) is 0 Å². The van der Waals surface area contributed by atoms with E-state index >= 15 is 0 Å². The van der Waals surface area contributed by atoms with Gasteiger partial charge in [0.25, 0.3) is 5.91 Å². The molecule has 1 aromatic heterocycles. The highest BCUT2D eigenvalue weighted by Gasteiger charge is 2.35. The summed E-state index contributed by atoms with van der Waals surface area (Å²) in [6.45, 7) is 1.92. The zero-order chi connectivity index (χ0) is 21.3. The molecule has 0 fully saturated rings. The Morgan fingerprint density at radius 2 is 1.93 bits per heavy atom. The van der Waals surface area contributed by atoms with Gasteiger partial charge in [-0.15, -0.1) is 5.10 Å². The number of aromatic nitrogens is 3. The molecule has 0 bridgehead atoms. The molecular formula is C21H21N5O4. The van der Waals surface area contributed by atoms with Crippen molar-refractivity contribution in [2.75, 3.05) is 24.9 Å². The number of benzene rings is 2. The second-order valence-electron chi connectivity index (χ2n) is 6.89. The minimum atomic E-state index is -0.782. The molecule has 0 saturated carbocycles. The summed E-state index contributed by atoms with van der Waals surface area (Å²) >= 11 is 0. The first kappa shape index (κ1) is 19.4. The number of nitrogens with zero attached hydrogens (tertiary/aromatic N) is 3. The first-order chi connectivity index (χ1) is 14.5. The summed E-state index contributed by atoms with van der Waals surface area (Å²) in [6.07, 6.45) is -0.0820. The molecule has 154 valence electrons. The first-order valence-corrected chi connectivity index (χ1v) is 9.35. The second kappa shape index (κ2) is 7.86. The van der Waals surface area contributed by atoms with Crippen LogP contribution in [0.25, 0.3) is 11.4 Å². The van der Waals surface area contributed by atoms with E-state index in [0.717, 1.165) is 16.9 Å². The third-order valence-electron chi connectivity index (χ3n) is 4.82. The van der Waals surface area contributed by atoms with Gasteiger partial charge >= 0.3 is 0 Å². The summed E-state index contributed by atoms with van der Waals surface area (Å²) in [5.74, 6) is 1.40. The Bertz CT molecular complexity index is 1110. The van der Waals surface area contributed by atoms with Crippen LogP contribution in [0.5, 0.6) is 11.5 Å². The Hall–Kier alpha value is -3.88. The van der Waals surface area contributed by atoms with Gasteiger partial charge in [-0.3, -0.25) is 14.9 Å². The highest BCUT2D eigenvalue weighted by molar-refractivity contribution is 6.01. The lowest BCUT2D eigenvalue weighted by molar-refractivity contribution is -0.123. The maximum Gasteiger partial charge on any atom is 0.252 e. The number of hydrogen-bond donors (Lipinski definition) is 2. The molecule has 2 amide bonds. The van der Waals surface area contributed by atoms with E-state index in [1.807, 2.05) is 31.2 Å². The Kier molecular flexibility index (Phi) is 5.09. The van der Waals surface area contributed by atoms with Gasteiger partial charge < -0.3 is 14.8 Å². The van der Waals surface area contributed by atoms with Crippen LogP contribution in [0, 0.1) is 6.92 Å². The summed E-state index contributed by atoms with van der Waals surface area (Å²) in [5.41, 5.74) is 2.31. The average Bonchev–Trinajstić information content (AvgIpc) is 3.27. The SMILES string of the molecule is COc1ccc(-c2nc3n(n2)C(CC(=O)Nc2cc(C)ccc2OC)C(=O)N3)cc1. The smallest absolute Gasteiger partial charge is 0.252 e. The third-order valence-corrected chi connectivity index (χ3v) is 4.82. The fourth-order valence-electron chi connectivity index (χ4n) is 3.27. The number of methoxy groups -OCH3 is 2. The van der Waals surface area contributed by atoms with Gasteiger partial charge in [0.05, 0.1) is 26.3 Å². The van der Waals surface area contributed by atoms with Gasteiger partial charge in [0.15, 0.2) is 5.82 Å². The van der Waals surface area contributed by atoms with Gasteiger partial charge in [-0.1, -0.05) is 6.07 Å². The lowest BCUT2D eigenvalue weighted by Crippen LogP contribution is -2.24. The fourth-order valence-corrected chi connectivity index (χ4v) is 3.27. The minimum absolute atomic E-state index is 0.0820. The van der Waals surface area contributed by atoms with Crippen LogP contribution >= 0.6 is 0 Å². The summed E-state index contributed by atoms with van der Waals surface area (Å²) < 4.78 is 11.9. The highest BCUT2D eigenvalue weighted by Crippen LogP contribution is 2.30. The monoisotopic (exact) mass is 407 g/mol. The molecule has 3 aromatic rings. The maximum absolute atomic E-state index is 12.6. The van der Waals surface area contributed by atoms with Crippen molar-refractivity contribution in [3.05, 3.63) is 48.0 Å². The molecule has 0 radical (unpaired) electrons. The van der Waals surface area contributed by atoms with Crippen molar-refractivity contribution in [1.29, 1.82) is 0 Å². The maximum atomic E-state index is 12.6. The molecule has 2 N–H and O–H groups in total. The van der Waals surface area contributed by atoms with Crippen LogP contribution < -0.4 is 20.1 Å².